The standard InChI is InChI=1S/C18H33N3O8/c1-11(23)19-7-5-8-20-14(25)6-3-4-9-28-18-15(21-12(2)24)17(27)16(26)13(10-22)29-18/h13,15-18,22,26-27H,3-10H2,1-2H3,(H,19,23)(H,20,25)(H,21,24). The van der Waals surface area contributed by atoms with Gasteiger partial charge in [0.25, 0.3) is 0 Å². The number of carbonyl (C=O) groups is 3. The number of aliphatic hydroxyl groups excluding tert-OH is 3. The molecule has 0 radical (unpaired) electrons. The largest absolute Gasteiger partial charge is 0.394 e. The smallest absolute Gasteiger partial charge is 0.219 e. The van der Waals surface area contributed by atoms with E-state index in [1.165, 1.54) is 13.8 Å². The Morgan fingerprint density at radius 2 is 1.66 bits per heavy atom. The first-order valence-corrected chi connectivity index (χ1v) is 9.78. The second kappa shape index (κ2) is 13.4. The number of hydrogen-bond donors (Lipinski definition) is 6. The third-order valence-electron chi connectivity index (χ3n) is 4.38. The molecule has 1 aliphatic rings. The Labute approximate surface area is 170 Å². The van der Waals surface area contributed by atoms with Crippen LogP contribution < -0.4 is 16.0 Å². The Hall–Kier alpha value is -1.79. The summed E-state index contributed by atoms with van der Waals surface area (Å²) in [7, 11) is 0. The van der Waals surface area contributed by atoms with Gasteiger partial charge in [-0.15, -0.1) is 0 Å². The second-order valence-electron chi connectivity index (χ2n) is 6.95. The normalized spacial score (nSPS) is 26.6. The van der Waals surface area contributed by atoms with Crippen LogP contribution >= 0.6 is 0 Å². The number of hydrogen-bond acceptors (Lipinski definition) is 8. The van der Waals surface area contributed by atoms with Gasteiger partial charge in [0.05, 0.1) is 6.61 Å². The van der Waals surface area contributed by atoms with Gasteiger partial charge in [-0.1, -0.05) is 0 Å². The molecule has 5 unspecified atom stereocenters. The van der Waals surface area contributed by atoms with Crippen LogP contribution in [0.15, 0.2) is 0 Å². The molecule has 3 amide bonds. The summed E-state index contributed by atoms with van der Waals surface area (Å²) >= 11 is 0. The minimum Gasteiger partial charge on any atom is -0.394 e. The van der Waals surface area contributed by atoms with E-state index in [1.807, 2.05) is 0 Å². The van der Waals surface area contributed by atoms with E-state index < -0.39 is 43.2 Å². The van der Waals surface area contributed by atoms with E-state index in [1.54, 1.807) is 0 Å². The van der Waals surface area contributed by atoms with Gasteiger partial charge in [-0.25, -0.2) is 0 Å². The molecule has 6 N–H and O–H groups in total. The van der Waals surface area contributed by atoms with E-state index in [2.05, 4.69) is 16.0 Å². The van der Waals surface area contributed by atoms with Crippen molar-refractivity contribution in [3.05, 3.63) is 0 Å². The van der Waals surface area contributed by atoms with Crippen LogP contribution in [-0.4, -0.2) is 90.0 Å². The summed E-state index contributed by atoms with van der Waals surface area (Å²) in [5, 5.41) is 37.3. The van der Waals surface area contributed by atoms with E-state index in [4.69, 9.17) is 9.47 Å². The Kier molecular flexibility index (Phi) is 11.7. The number of nitrogens with one attached hydrogen (secondary N) is 3. The molecule has 168 valence electrons. The van der Waals surface area contributed by atoms with E-state index in [-0.39, 0.29) is 18.4 Å². The van der Waals surface area contributed by atoms with Crippen molar-refractivity contribution in [2.75, 3.05) is 26.3 Å². The van der Waals surface area contributed by atoms with Crippen LogP contribution in [0.1, 0.15) is 39.5 Å². The summed E-state index contributed by atoms with van der Waals surface area (Å²) in [6, 6.07) is -0.975. The number of rotatable bonds is 12. The van der Waals surface area contributed by atoms with Crippen LogP contribution in [0.25, 0.3) is 0 Å². The van der Waals surface area contributed by atoms with Crippen molar-refractivity contribution in [2.24, 2.45) is 0 Å². The van der Waals surface area contributed by atoms with Crippen LogP contribution in [0.3, 0.4) is 0 Å². The molecule has 1 saturated heterocycles. The molecule has 0 aromatic heterocycles. The highest BCUT2D eigenvalue weighted by Gasteiger charge is 2.45. The maximum atomic E-state index is 11.7. The molecule has 11 heteroatoms. The van der Waals surface area contributed by atoms with Crippen LogP contribution in [-0.2, 0) is 23.9 Å². The lowest BCUT2D eigenvalue weighted by Crippen LogP contribution is -2.64. The molecule has 5 atom stereocenters. The SMILES string of the molecule is CC(=O)NCCCNC(=O)CCCCOC1OC(CO)C(O)C(O)C1NC(C)=O. The van der Waals surface area contributed by atoms with Crippen LogP contribution in [0, 0.1) is 0 Å². The lowest BCUT2D eigenvalue weighted by molar-refractivity contribution is -0.270. The maximum absolute atomic E-state index is 11.7. The molecule has 0 saturated carbocycles. The molecule has 0 bridgehead atoms. The Morgan fingerprint density at radius 3 is 2.28 bits per heavy atom. The van der Waals surface area contributed by atoms with Gasteiger partial charge >= 0.3 is 0 Å². The lowest BCUT2D eigenvalue weighted by atomic mass is 9.97. The van der Waals surface area contributed by atoms with Crippen molar-refractivity contribution in [1.29, 1.82) is 0 Å². The van der Waals surface area contributed by atoms with Gasteiger partial charge in [0, 0.05) is 40.0 Å². The quantitative estimate of drug-likeness (QED) is 0.193. The average molecular weight is 419 g/mol. The van der Waals surface area contributed by atoms with Crippen molar-refractivity contribution >= 4 is 17.7 Å². The first-order valence-electron chi connectivity index (χ1n) is 9.78. The zero-order valence-electron chi connectivity index (χ0n) is 16.9. The minimum absolute atomic E-state index is 0.100. The Balaban J connectivity index is 2.29. The van der Waals surface area contributed by atoms with E-state index in [0.29, 0.717) is 38.8 Å². The fourth-order valence-corrected chi connectivity index (χ4v) is 2.87. The van der Waals surface area contributed by atoms with Gasteiger partial charge in [0.2, 0.25) is 17.7 Å². The lowest BCUT2D eigenvalue weighted by Gasteiger charge is -2.42. The summed E-state index contributed by atoms with van der Waals surface area (Å²) in [5.41, 5.74) is 0. The first-order chi connectivity index (χ1) is 13.8. The average Bonchev–Trinajstić information content (AvgIpc) is 2.65. The van der Waals surface area contributed by atoms with Crippen molar-refractivity contribution in [2.45, 2.75) is 70.2 Å². The third kappa shape index (κ3) is 9.50. The van der Waals surface area contributed by atoms with Crippen molar-refractivity contribution in [1.82, 2.24) is 16.0 Å². The molecule has 1 fully saturated rings. The van der Waals surface area contributed by atoms with Gasteiger partial charge < -0.3 is 40.7 Å². The highest BCUT2D eigenvalue weighted by molar-refractivity contribution is 5.75. The highest BCUT2D eigenvalue weighted by atomic mass is 16.7. The molecule has 1 aliphatic heterocycles. The zero-order valence-corrected chi connectivity index (χ0v) is 16.9. The molecular weight excluding hydrogens is 386 g/mol. The molecule has 0 aliphatic carbocycles. The number of amides is 3. The number of aliphatic hydroxyl groups is 3. The van der Waals surface area contributed by atoms with Crippen molar-refractivity contribution in [3.8, 4) is 0 Å². The summed E-state index contributed by atoms with van der Waals surface area (Å²) in [6.45, 7) is 3.39. The van der Waals surface area contributed by atoms with E-state index in [0.717, 1.165) is 0 Å². The molecule has 0 aromatic rings. The van der Waals surface area contributed by atoms with Crippen molar-refractivity contribution in [3.63, 3.8) is 0 Å². The second-order valence-corrected chi connectivity index (χ2v) is 6.95. The predicted octanol–water partition coefficient (Wildman–Crippen LogP) is -2.24. The Bertz CT molecular complexity index is 533. The predicted molar refractivity (Wildman–Crippen MR) is 101 cm³/mol. The van der Waals surface area contributed by atoms with Gasteiger partial charge in [0.15, 0.2) is 6.29 Å². The summed E-state index contributed by atoms with van der Waals surface area (Å²) in [5.74, 6) is -0.626. The first kappa shape index (κ1) is 25.2. The molecular formula is C18H33N3O8. The van der Waals surface area contributed by atoms with Crippen LogP contribution in [0.5, 0.6) is 0 Å². The van der Waals surface area contributed by atoms with E-state index >= 15 is 0 Å². The number of ether oxygens (including phenoxy) is 2. The zero-order chi connectivity index (χ0) is 21.8. The van der Waals surface area contributed by atoms with Crippen LogP contribution in [0.2, 0.25) is 0 Å². The van der Waals surface area contributed by atoms with Gasteiger partial charge in [-0.2, -0.15) is 0 Å². The van der Waals surface area contributed by atoms with Gasteiger partial charge in [-0.05, 0) is 19.3 Å². The number of carbonyl (C=O) groups excluding carboxylic acids is 3. The monoisotopic (exact) mass is 419 g/mol. The summed E-state index contributed by atoms with van der Waals surface area (Å²) < 4.78 is 11.0. The van der Waals surface area contributed by atoms with Gasteiger partial charge in [-0.3, -0.25) is 14.4 Å². The van der Waals surface area contributed by atoms with E-state index in [9.17, 15) is 29.7 Å². The molecule has 29 heavy (non-hydrogen) atoms. The van der Waals surface area contributed by atoms with Crippen molar-refractivity contribution < 1.29 is 39.2 Å². The summed E-state index contributed by atoms with van der Waals surface area (Å²) in [4.78, 5) is 33.8. The number of unbranched alkanes of at least 4 members (excludes halogenated alkanes) is 1. The molecule has 0 spiro atoms. The molecule has 1 rings (SSSR count). The fourth-order valence-electron chi connectivity index (χ4n) is 2.87. The molecule has 1 heterocycles. The summed E-state index contributed by atoms with van der Waals surface area (Å²) in [6.07, 6.45) is -2.70. The fraction of sp³-hybridized carbons (Fsp3) is 0.833. The van der Waals surface area contributed by atoms with Crippen LogP contribution in [0.4, 0.5) is 0 Å². The van der Waals surface area contributed by atoms with Gasteiger partial charge in [0.1, 0.15) is 24.4 Å². The molecule has 0 aromatic carbocycles. The topological polar surface area (TPSA) is 166 Å². The molecule has 11 nitrogen and oxygen atoms in total. The maximum Gasteiger partial charge on any atom is 0.219 e. The Morgan fingerprint density at radius 1 is 0.966 bits per heavy atom. The third-order valence-corrected chi connectivity index (χ3v) is 4.38. The highest BCUT2D eigenvalue weighted by Crippen LogP contribution is 2.22. The minimum atomic E-state index is -1.36.